The molecule has 0 spiro atoms. The molecule has 2 aromatic carbocycles. The number of amides is 2. The highest BCUT2D eigenvalue weighted by atomic mass is 35.5. The van der Waals surface area contributed by atoms with E-state index in [4.69, 9.17) is 25.9 Å². The van der Waals surface area contributed by atoms with E-state index in [-0.39, 0.29) is 34.3 Å². The third kappa shape index (κ3) is 2.02. The fraction of sp³-hybridized carbons (Fsp3) is 0.0625. The maximum atomic E-state index is 12.4. The van der Waals surface area contributed by atoms with Gasteiger partial charge in [0.1, 0.15) is 5.56 Å². The summed E-state index contributed by atoms with van der Waals surface area (Å²) in [5.74, 6) is -1.98. The maximum absolute atomic E-state index is 12.4. The van der Waals surface area contributed by atoms with Gasteiger partial charge in [0.25, 0.3) is 11.8 Å². The van der Waals surface area contributed by atoms with Gasteiger partial charge in [-0.1, -0.05) is 28.8 Å². The molecule has 0 saturated carbocycles. The first kappa shape index (κ1) is 14.5. The van der Waals surface area contributed by atoms with Crippen LogP contribution in [0.3, 0.4) is 0 Å². The Morgan fingerprint density at radius 2 is 1.71 bits per heavy atom. The highest BCUT2D eigenvalue weighted by Gasteiger charge is 2.40. The standard InChI is InChI=1S/C16H8ClNO6/c17-10-5-6-11-13(23-7-22-11)12(10)16(21)24-18-14(19)8-3-1-2-4-9(8)15(18)20/h1-6H,7H2. The van der Waals surface area contributed by atoms with Crippen LogP contribution in [0.1, 0.15) is 31.1 Å². The highest BCUT2D eigenvalue weighted by molar-refractivity contribution is 6.34. The van der Waals surface area contributed by atoms with Crippen molar-refractivity contribution in [2.24, 2.45) is 0 Å². The lowest BCUT2D eigenvalue weighted by Crippen LogP contribution is -2.32. The molecule has 0 aromatic heterocycles. The van der Waals surface area contributed by atoms with Crippen molar-refractivity contribution in [1.29, 1.82) is 0 Å². The van der Waals surface area contributed by atoms with Gasteiger partial charge in [-0.15, -0.1) is 0 Å². The minimum Gasteiger partial charge on any atom is -0.454 e. The largest absolute Gasteiger partial charge is 0.454 e. The number of benzene rings is 2. The van der Waals surface area contributed by atoms with Crippen molar-refractivity contribution in [3.05, 3.63) is 58.1 Å². The second-order valence-corrected chi connectivity index (χ2v) is 5.39. The predicted molar refractivity (Wildman–Crippen MR) is 79.9 cm³/mol. The number of fused-ring (bicyclic) bond motifs is 2. The van der Waals surface area contributed by atoms with E-state index in [9.17, 15) is 14.4 Å². The summed E-state index contributed by atoms with van der Waals surface area (Å²) in [6.45, 7) is -0.0665. The fourth-order valence-electron chi connectivity index (χ4n) is 2.52. The van der Waals surface area contributed by atoms with Gasteiger partial charge in [0.15, 0.2) is 11.5 Å². The number of nitrogens with zero attached hydrogens (tertiary/aromatic N) is 1. The van der Waals surface area contributed by atoms with Crippen LogP contribution in [-0.2, 0) is 4.84 Å². The Balaban J connectivity index is 1.66. The zero-order valence-corrected chi connectivity index (χ0v) is 12.7. The van der Waals surface area contributed by atoms with Crippen LogP contribution in [0.25, 0.3) is 0 Å². The quantitative estimate of drug-likeness (QED) is 0.777. The number of carbonyl (C=O) groups is 3. The summed E-state index contributed by atoms with van der Waals surface area (Å²) in [5, 5.41) is 0.472. The minimum absolute atomic E-state index is 0.0564. The first-order chi connectivity index (χ1) is 11.6. The molecule has 120 valence electrons. The van der Waals surface area contributed by atoms with Crippen molar-refractivity contribution in [1.82, 2.24) is 5.06 Å². The number of carbonyl (C=O) groups excluding carboxylic acids is 3. The molecule has 2 aliphatic heterocycles. The molecule has 0 unspecified atom stereocenters. The topological polar surface area (TPSA) is 82.1 Å². The summed E-state index contributed by atoms with van der Waals surface area (Å²) >= 11 is 6.03. The van der Waals surface area contributed by atoms with E-state index < -0.39 is 17.8 Å². The normalized spacial score (nSPS) is 14.8. The van der Waals surface area contributed by atoms with Crippen LogP contribution in [0.4, 0.5) is 0 Å². The zero-order chi connectivity index (χ0) is 16.8. The van der Waals surface area contributed by atoms with E-state index in [0.29, 0.717) is 10.8 Å². The number of ether oxygens (including phenoxy) is 2. The van der Waals surface area contributed by atoms with Gasteiger partial charge in [-0.25, -0.2) is 4.79 Å². The lowest BCUT2D eigenvalue weighted by atomic mass is 10.1. The first-order valence-corrected chi connectivity index (χ1v) is 7.24. The van der Waals surface area contributed by atoms with Crippen LogP contribution in [-0.4, -0.2) is 29.6 Å². The summed E-state index contributed by atoms with van der Waals surface area (Å²) in [5.41, 5.74) is 0.224. The van der Waals surface area contributed by atoms with Crippen molar-refractivity contribution in [2.75, 3.05) is 6.79 Å². The SMILES string of the molecule is O=C(ON1C(=O)c2ccccc2C1=O)c1c(Cl)ccc2c1OCO2. The van der Waals surface area contributed by atoms with E-state index >= 15 is 0 Å². The van der Waals surface area contributed by atoms with Crippen molar-refractivity contribution in [2.45, 2.75) is 0 Å². The molecule has 2 amide bonds. The third-order valence-electron chi connectivity index (χ3n) is 3.62. The Bertz CT molecular complexity index is 874. The molecule has 0 fully saturated rings. The molecule has 2 aromatic rings. The van der Waals surface area contributed by atoms with Gasteiger partial charge < -0.3 is 14.3 Å². The average molecular weight is 346 g/mol. The molecule has 0 bridgehead atoms. The van der Waals surface area contributed by atoms with Gasteiger partial charge in [0.05, 0.1) is 16.1 Å². The second kappa shape index (κ2) is 5.24. The third-order valence-corrected chi connectivity index (χ3v) is 3.94. The molecule has 0 atom stereocenters. The smallest absolute Gasteiger partial charge is 0.369 e. The van der Waals surface area contributed by atoms with Gasteiger partial charge in [-0.3, -0.25) is 9.59 Å². The van der Waals surface area contributed by atoms with Crippen LogP contribution in [0.2, 0.25) is 5.02 Å². The number of halogens is 1. The second-order valence-electron chi connectivity index (χ2n) is 4.99. The van der Waals surface area contributed by atoms with Gasteiger partial charge in [0.2, 0.25) is 6.79 Å². The molecular formula is C16H8ClNO6. The molecule has 0 aliphatic carbocycles. The average Bonchev–Trinajstić information content (AvgIpc) is 3.14. The summed E-state index contributed by atoms with van der Waals surface area (Å²) in [7, 11) is 0. The Morgan fingerprint density at radius 3 is 2.38 bits per heavy atom. The van der Waals surface area contributed by atoms with Crippen LogP contribution in [0.15, 0.2) is 36.4 Å². The number of imide groups is 1. The summed E-state index contributed by atoms with van der Waals surface area (Å²) in [4.78, 5) is 41.9. The summed E-state index contributed by atoms with van der Waals surface area (Å²) in [6.07, 6.45) is 0. The monoisotopic (exact) mass is 345 g/mol. The lowest BCUT2D eigenvalue weighted by molar-refractivity contribution is -0.0586. The Hall–Kier alpha value is -3.06. The molecule has 8 heteroatoms. The Morgan fingerprint density at radius 1 is 1.04 bits per heavy atom. The molecule has 2 aliphatic rings. The molecule has 2 heterocycles. The molecular weight excluding hydrogens is 338 g/mol. The van der Waals surface area contributed by atoms with E-state index in [1.165, 1.54) is 18.2 Å². The number of rotatable bonds is 2. The van der Waals surface area contributed by atoms with Crippen LogP contribution in [0, 0.1) is 0 Å². The van der Waals surface area contributed by atoms with Gasteiger partial charge in [-0.05, 0) is 24.3 Å². The number of hydrogen-bond donors (Lipinski definition) is 0. The number of hydrogen-bond acceptors (Lipinski definition) is 6. The van der Waals surface area contributed by atoms with E-state index in [1.807, 2.05) is 0 Å². The van der Waals surface area contributed by atoms with Gasteiger partial charge in [-0.2, -0.15) is 0 Å². The molecule has 24 heavy (non-hydrogen) atoms. The summed E-state index contributed by atoms with van der Waals surface area (Å²) in [6, 6.07) is 9.17. The van der Waals surface area contributed by atoms with Crippen molar-refractivity contribution < 1.29 is 28.7 Å². The fourth-order valence-corrected chi connectivity index (χ4v) is 2.74. The first-order valence-electron chi connectivity index (χ1n) is 6.86. The Kier molecular flexibility index (Phi) is 3.17. The molecule has 4 rings (SSSR count). The van der Waals surface area contributed by atoms with Crippen LogP contribution >= 0.6 is 11.6 Å². The van der Waals surface area contributed by atoms with Gasteiger partial charge >= 0.3 is 5.97 Å². The molecule has 7 nitrogen and oxygen atoms in total. The molecule has 0 radical (unpaired) electrons. The Labute approximate surface area is 140 Å². The van der Waals surface area contributed by atoms with Crippen LogP contribution < -0.4 is 9.47 Å². The number of hydroxylamine groups is 2. The maximum Gasteiger partial charge on any atom is 0.369 e. The minimum atomic E-state index is -0.989. The van der Waals surface area contributed by atoms with Crippen molar-refractivity contribution in [3.8, 4) is 11.5 Å². The lowest BCUT2D eigenvalue weighted by Gasteiger charge is -2.14. The predicted octanol–water partition coefficient (Wildman–Crippen LogP) is 2.44. The van der Waals surface area contributed by atoms with Gasteiger partial charge in [0, 0.05) is 0 Å². The molecule has 0 saturated heterocycles. The van der Waals surface area contributed by atoms with E-state index in [0.717, 1.165) is 0 Å². The van der Waals surface area contributed by atoms with E-state index in [2.05, 4.69) is 0 Å². The van der Waals surface area contributed by atoms with Crippen LogP contribution in [0.5, 0.6) is 11.5 Å². The molecule has 0 N–H and O–H groups in total. The zero-order valence-electron chi connectivity index (χ0n) is 11.9. The highest BCUT2D eigenvalue weighted by Crippen LogP contribution is 2.40. The summed E-state index contributed by atoms with van der Waals surface area (Å²) < 4.78 is 10.4. The van der Waals surface area contributed by atoms with Crippen molar-refractivity contribution in [3.63, 3.8) is 0 Å². The van der Waals surface area contributed by atoms with E-state index in [1.54, 1.807) is 18.2 Å². The van der Waals surface area contributed by atoms with Crippen molar-refractivity contribution >= 4 is 29.4 Å².